The van der Waals surface area contributed by atoms with E-state index in [1.807, 2.05) is 19.1 Å². The molecular formula is C17H19FO4. The lowest BCUT2D eigenvalue weighted by Gasteiger charge is -2.15. The molecule has 0 saturated heterocycles. The molecule has 0 bridgehead atoms. The normalized spacial score (nSPS) is 11.8. The first-order valence-electron chi connectivity index (χ1n) is 7.01. The van der Waals surface area contributed by atoms with Crippen molar-refractivity contribution in [2.24, 2.45) is 0 Å². The Kier molecular flexibility index (Phi) is 5.61. The van der Waals surface area contributed by atoms with Crippen LogP contribution in [0.1, 0.15) is 18.6 Å². The molecule has 2 aromatic carbocycles. The summed E-state index contributed by atoms with van der Waals surface area (Å²) < 4.78 is 29.5. The molecular weight excluding hydrogens is 287 g/mol. The summed E-state index contributed by atoms with van der Waals surface area (Å²) in [5.74, 6) is 0.767. The Balaban J connectivity index is 2.03. The van der Waals surface area contributed by atoms with Gasteiger partial charge in [-0.1, -0.05) is 18.2 Å². The summed E-state index contributed by atoms with van der Waals surface area (Å²) in [4.78, 5) is 0. The van der Waals surface area contributed by atoms with Crippen molar-refractivity contribution in [2.45, 2.75) is 13.0 Å². The van der Waals surface area contributed by atoms with Gasteiger partial charge in [0.15, 0.2) is 23.1 Å². The predicted octanol–water partition coefficient (Wildman–Crippen LogP) is 3.35. The number of hydrogen-bond donors (Lipinski definition) is 1. The lowest BCUT2D eigenvalue weighted by Crippen LogP contribution is -2.11. The zero-order valence-corrected chi connectivity index (χ0v) is 12.6. The van der Waals surface area contributed by atoms with Gasteiger partial charge in [0.25, 0.3) is 0 Å². The molecule has 0 aliphatic rings. The summed E-state index contributed by atoms with van der Waals surface area (Å²) in [6.07, 6.45) is -0.949. The third kappa shape index (κ3) is 3.89. The first-order chi connectivity index (χ1) is 10.7. The fraction of sp³-hybridized carbons (Fsp3) is 0.294. The Bertz CT molecular complexity index is 615. The first kappa shape index (κ1) is 16.1. The van der Waals surface area contributed by atoms with Crippen LogP contribution in [0, 0.1) is 5.82 Å². The Hall–Kier alpha value is -2.27. The molecule has 0 saturated carbocycles. The van der Waals surface area contributed by atoms with Gasteiger partial charge in [-0.2, -0.15) is 0 Å². The van der Waals surface area contributed by atoms with Crippen LogP contribution in [-0.2, 0) is 0 Å². The van der Waals surface area contributed by atoms with Gasteiger partial charge in [-0.3, -0.25) is 0 Å². The van der Waals surface area contributed by atoms with E-state index in [0.29, 0.717) is 23.7 Å². The molecule has 2 aromatic rings. The van der Waals surface area contributed by atoms with Gasteiger partial charge in [0.05, 0.1) is 13.7 Å². The largest absolute Gasteiger partial charge is 0.494 e. The maximum Gasteiger partial charge on any atom is 0.165 e. The van der Waals surface area contributed by atoms with E-state index in [2.05, 4.69) is 0 Å². The minimum Gasteiger partial charge on any atom is -0.494 e. The van der Waals surface area contributed by atoms with Crippen LogP contribution in [0.5, 0.6) is 17.2 Å². The topological polar surface area (TPSA) is 47.9 Å². The van der Waals surface area contributed by atoms with Crippen LogP contribution in [0.3, 0.4) is 0 Å². The third-order valence-corrected chi connectivity index (χ3v) is 3.11. The summed E-state index contributed by atoms with van der Waals surface area (Å²) in [6, 6.07) is 11.5. The van der Waals surface area contributed by atoms with Crippen LogP contribution >= 0.6 is 0 Å². The van der Waals surface area contributed by atoms with E-state index in [0.717, 1.165) is 0 Å². The second kappa shape index (κ2) is 7.66. The highest BCUT2D eigenvalue weighted by molar-refractivity contribution is 5.39. The van der Waals surface area contributed by atoms with Crippen molar-refractivity contribution in [1.29, 1.82) is 0 Å². The zero-order chi connectivity index (χ0) is 15.9. The number of ether oxygens (including phenoxy) is 3. The number of aliphatic hydroxyl groups is 1. The van der Waals surface area contributed by atoms with E-state index >= 15 is 0 Å². The number of para-hydroxylation sites is 2. The smallest absolute Gasteiger partial charge is 0.165 e. The molecule has 5 heteroatoms. The van der Waals surface area contributed by atoms with Gasteiger partial charge in [-0.25, -0.2) is 4.39 Å². The van der Waals surface area contributed by atoms with Crippen molar-refractivity contribution in [3.05, 3.63) is 53.8 Å². The van der Waals surface area contributed by atoms with Crippen LogP contribution in [0.15, 0.2) is 42.5 Å². The summed E-state index contributed by atoms with van der Waals surface area (Å²) in [6.45, 7) is 2.40. The SMILES string of the molecule is CCOc1ccccc1OCC(O)c1ccc(OC)c(F)c1. The number of rotatable bonds is 7. The fourth-order valence-corrected chi connectivity index (χ4v) is 2.00. The second-order valence-electron chi connectivity index (χ2n) is 4.60. The fourth-order valence-electron chi connectivity index (χ4n) is 2.00. The molecule has 22 heavy (non-hydrogen) atoms. The predicted molar refractivity (Wildman–Crippen MR) is 81.0 cm³/mol. The van der Waals surface area contributed by atoms with Crippen molar-refractivity contribution in [2.75, 3.05) is 20.3 Å². The molecule has 1 atom stereocenters. The molecule has 0 heterocycles. The number of hydrogen-bond acceptors (Lipinski definition) is 4. The van der Waals surface area contributed by atoms with Gasteiger partial charge in [-0.05, 0) is 36.8 Å². The third-order valence-electron chi connectivity index (χ3n) is 3.11. The van der Waals surface area contributed by atoms with Gasteiger partial charge in [0, 0.05) is 0 Å². The minimum absolute atomic E-state index is 0.00411. The van der Waals surface area contributed by atoms with Crippen molar-refractivity contribution in [1.82, 2.24) is 0 Å². The monoisotopic (exact) mass is 306 g/mol. The van der Waals surface area contributed by atoms with Crippen LogP contribution in [0.2, 0.25) is 0 Å². The van der Waals surface area contributed by atoms with E-state index in [-0.39, 0.29) is 12.4 Å². The zero-order valence-electron chi connectivity index (χ0n) is 12.6. The van der Waals surface area contributed by atoms with Crippen LogP contribution < -0.4 is 14.2 Å². The summed E-state index contributed by atoms with van der Waals surface area (Å²) >= 11 is 0. The molecule has 118 valence electrons. The van der Waals surface area contributed by atoms with E-state index in [9.17, 15) is 9.50 Å². The molecule has 0 fully saturated rings. The Labute approximate surface area is 129 Å². The van der Waals surface area contributed by atoms with E-state index < -0.39 is 11.9 Å². The van der Waals surface area contributed by atoms with E-state index in [1.54, 1.807) is 18.2 Å². The molecule has 1 N–H and O–H groups in total. The molecule has 4 nitrogen and oxygen atoms in total. The van der Waals surface area contributed by atoms with Crippen molar-refractivity contribution < 1.29 is 23.7 Å². The molecule has 0 amide bonds. The highest BCUT2D eigenvalue weighted by atomic mass is 19.1. The maximum atomic E-state index is 13.6. The second-order valence-corrected chi connectivity index (χ2v) is 4.60. The number of aliphatic hydroxyl groups excluding tert-OH is 1. The van der Waals surface area contributed by atoms with Gasteiger partial charge in [-0.15, -0.1) is 0 Å². The standard InChI is InChI=1S/C17H19FO4/c1-3-21-16-6-4-5-7-17(16)22-11-14(19)12-8-9-15(20-2)13(18)10-12/h4-10,14,19H,3,11H2,1-2H3. The molecule has 1 unspecified atom stereocenters. The van der Waals surface area contributed by atoms with Crippen molar-refractivity contribution in [3.8, 4) is 17.2 Å². The number of halogens is 1. The molecule has 2 rings (SSSR count). The van der Waals surface area contributed by atoms with Crippen LogP contribution in [-0.4, -0.2) is 25.4 Å². The number of methoxy groups -OCH3 is 1. The van der Waals surface area contributed by atoms with Gasteiger partial charge in [0.1, 0.15) is 12.7 Å². The Morgan fingerprint density at radius 1 is 1.05 bits per heavy atom. The van der Waals surface area contributed by atoms with E-state index in [1.165, 1.54) is 19.2 Å². The summed E-state index contributed by atoms with van der Waals surface area (Å²) in [5.41, 5.74) is 0.423. The molecule has 0 aliphatic heterocycles. The summed E-state index contributed by atoms with van der Waals surface area (Å²) in [7, 11) is 1.39. The minimum atomic E-state index is -0.949. The Morgan fingerprint density at radius 3 is 2.32 bits per heavy atom. The lowest BCUT2D eigenvalue weighted by atomic mass is 10.1. The first-order valence-corrected chi connectivity index (χ1v) is 7.01. The van der Waals surface area contributed by atoms with E-state index in [4.69, 9.17) is 14.2 Å². The number of benzene rings is 2. The van der Waals surface area contributed by atoms with Crippen molar-refractivity contribution in [3.63, 3.8) is 0 Å². The lowest BCUT2D eigenvalue weighted by molar-refractivity contribution is 0.105. The Morgan fingerprint density at radius 2 is 1.73 bits per heavy atom. The average molecular weight is 306 g/mol. The molecule has 0 aliphatic carbocycles. The van der Waals surface area contributed by atoms with Gasteiger partial charge in [0.2, 0.25) is 0 Å². The van der Waals surface area contributed by atoms with Crippen molar-refractivity contribution >= 4 is 0 Å². The molecule has 0 radical (unpaired) electrons. The maximum absolute atomic E-state index is 13.6. The van der Waals surface area contributed by atoms with Gasteiger partial charge >= 0.3 is 0 Å². The van der Waals surface area contributed by atoms with Gasteiger partial charge < -0.3 is 19.3 Å². The highest BCUT2D eigenvalue weighted by Gasteiger charge is 2.13. The van der Waals surface area contributed by atoms with Crippen LogP contribution in [0.25, 0.3) is 0 Å². The van der Waals surface area contributed by atoms with Crippen LogP contribution in [0.4, 0.5) is 4.39 Å². The highest BCUT2D eigenvalue weighted by Crippen LogP contribution is 2.28. The molecule has 0 spiro atoms. The quantitative estimate of drug-likeness (QED) is 0.852. The average Bonchev–Trinajstić information content (AvgIpc) is 2.54. The summed E-state index contributed by atoms with van der Waals surface area (Å²) in [5, 5.41) is 10.1. The molecule has 0 aromatic heterocycles.